The van der Waals surface area contributed by atoms with Crippen LogP contribution < -0.4 is 0 Å². The van der Waals surface area contributed by atoms with E-state index < -0.39 is 0 Å². The van der Waals surface area contributed by atoms with Gasteiger partial charge in [-0.3, -0.25) is 9.67 Å². The molecule has 0 saturated carbocycles. The SMILES string of the molecule is CCCCc1ccc(-n2c(CSCc3ccccc3C)n[nH]c2=S)cc1. The van der Waals surface area contributed by atoms with E-state index in [1.807, 2.05) is 16.3 Å². The molecule has 0 bridgehead atoms. The highest BCUT2D eigenvalue weighted by Crippen LogP contribution is 2.21. The molecule has 136 valence electrons. The first-order valence-corrected chi connectivity index (χ1v) is 10.6. The van der Waals surface area contributed by atoms with Crippen LogP contribution in [-0.2, 0) is 17.9 Å². The second kappa shape index (κ2) is 9.19. The zero-order valence-corrected chi connectivity index (χ0v) is 17.0. The van der Waals surface area contributed by atoms with E-state index in [4.69, 9.17) is 12.2 Å². The predicted molar refractivity (Wildman–Crippen MR) is 114 cm³/mol. The van der Waals surface area contributed by atoms with E-state index in [-0.39, 0.29) is 0 Å². The number of aromatic amines is 1. The number of H-pyrrole nitrogens is 1. The summed E-state index contributed by atoms with van der Waals surface area (Å²) in [6, 6.07) is 17.2. The van der Waals surface area contributed by atoms with E-state index in [2.05, 4.69) is 72.6 Å². The number of unbranched alkanes of at least 4 members (excludes halogenated alkanes) is 1. The minimum Gasteiger partial charge on any atom is -0.271 e. The van der Waals surface area contributed by atoms with Crippen LogP contribution in [0.15, 0.2) is 48.5 Å². The lowest BCUT2D eigenvalue weighted by atomic mass is 10.1. The molecule has 3 nitrogen and oxygen atoms in total. The van der Waals surface area contributed by atoms with Crippen LogP contribution in [0.5, 0.6) is 0 Å². The average molecular weight is 384 g/mol. The van der Waals surface area contributed by atoms with E-state index in [0.29, 0.717) is 4.77 Å². The minimum atomic E-state index is 0.651. The highest BCUT2D eigenvalue weighted by atomic mass is 32.2. The van der Waals surface area contributed by atoms with E-state index in [1.165, 1.54) is 29.5 Å². The van der Waals surface area contributed by atoms with Gasteiger partial charge >= 0.3 is 0 Å². The van der Waals surface area contributed by atoms with Gasteiger partial charge in [0.1, 0.15) is 5.82 Å². The molecule has 1 N–H and O–H groups in total. The van der Waals surface area contributed by atoms with Gasteiger partial charge in [0.25, 0.3) is 0 Å². The van der Waals surface area contributed by atoms with E-state index in [9.17, 15) is 0 Å². The lowest BCUT2D eigenvalue weighted by Gasteiger charge is -2.09. The lowest BCUT2D eigenvalue weighted by molar-refractivity contribution is 0.794. The van der Waals surface area contributed by atoms with Gasteiger partial charge in [-0.25, -0.2) is 0 Å². The van der Waals surface area contributed by atoms with Crippen LogP contribution in [0.1, 0.15) is 42.3 Å². The fraction of sp³-hybridized carbons (Fsp3) is 0.333. The minimum absolute atomic E-state index is 0.651. The van der Waals surface area contributed by atoms with Gasteiger partial charge in [0.15, 0.2) is 4.77 Å². The van der Waals surface area contributed by atoms with Crippen molar-refractivity contribution in [2.75, 3.05) is 0 Å². The van der Waals surface area contributed by atoms with Gasteiger partial charge < -0.3 is 0 Å². The summed E-state index contributed by atoms with van der Waals surface area (Å²) in [7, 11) is 0. The number of nitrogens with one attached hydrogen (secondary N) is 1. The third-order valence-electron chi connectivity index (χ3n) is 4.51. The van der Waals surface area contributed by atoms with Gasteiger partial charge in [-0.1, -0.05) is 49.7 Å². The molecular formula is C21H25N3S2. The van der Waals surface area contributed by atoms with Crippen LogP contribution in [0.2, 0.25) is 0 Å². The van der Waals surface area contributed by atoms with Crippen molar-refractivity contribution < 1.29 is 0 Å². The quantitative estimate of drug-likeness (QED) is 0.483. The Labute approximate surface area is 164 Å². The third-order valence-corrected chi connectivity index (χ3v) is 5.76. The molecule has 26 heavy (non-hydrogen) atoms. The molecule has 0 unspecified atom stereocenters. The molecule has 0 spiro atoms. The average Bonchev–Trinajstić information content (AvgIpc) is 3.02. The molecule has 2 aromatic carbocycles. The summed E-state index contributed by atoms with van der Waals surface area (Å²) >= 11 is 7.32. The maximum Gasteiger partial charge on any atom is 0.199 e. The first kappa shape index (κ1) is 18.9. The van der Waals surface area contributed by atoms with Gasteiger partial charge in [0, 0.05) is 11.4 Å². The highest BCUT2D eigenvalue weighted by molar-refractivity contribution is 7.97. The van der Waals surface area contributed by atoms with Crippen LogP contribution in [0.4, 0.5) is 0 Å². The highest BCUT2D eigenvalue weighted by Gasteiger charge is 2.09. The van der Waals surface area contributed by atoms with Crippen molar-refractivity contribution in [2.24, 2.45) is 0 Å². The Bertz CT molecular complexity index is 894. The molecule has 0 aliphatic heterocycles. The van der Waals surface area contributed by atoms with Crippen molar-refractivity contribution in [3.05, 3.63) is 75.8 Å². The second-order valence-electron chi connectivity index (χ2n) is 6.47. The van der Waals surface area contributed by atoms with Crippen LogP contribution >= 0.6 is 24.0 Å². The molecule has 0 radical (unpaired) electrons. The molecule has 0 atom stereocenters. The third kappa shape index (κ3) is 4.65. The Hall–Kier alpha value is -1.85. The number of rotatable bonds is 8. The van der Waals surface area contributed by atoms with Crippen molar-refractivity contribution in [3.8, 4) is 5.69 Å². The van der Waals surface area contributed by atoms with Crippen molar-refractivity contribution >= 4 is 24.0 Å². The van der Waals surface area contributed by atoms with Crippen LogP contribution in [-0.4, -0.2) is 14.8 Å². The van der Waals surface area contributed by atoms with Crippen LogP contribution in [0.3, 0.4) is 0 Å². The molecule has 0 aliphatic rings. The Balaban J connectivity index is 1.70. The Kier molecular flexibility index (Phi) is 6.69. The second-order valence-corrected chi connectivity index (χ2v) is 7.84. The molecule has 0 aliphatic carbocycles. The van der Waals surface area contributed by atoms with Crippen molar-refractivity contribution in [2.45, 2.75) is 44.6 Å². The normalized spacial score (nSPS) is 11.0. The Morgan fingerprint density at radius 2 is 1.85 bits per heavy atom. The molecule has 0 amide bonds. The number of hydrogen-bond acceptors (Lipinski definition) is 3. The predicted octanol–water partition coefficient (Wildman–Crippen LogP) is 6.01. The first-order valence-electron chi connectivity index (χ1n) is 9.07. The van der Waals surface area contributed by atoms with Gasteiger partial charge in [0.2, 0.25) is 0 Å². The summed E-state index contributed by atoms with van der Waals surface area (Å²) in [5.41, 5.74) is 5.16. The summed E-state index contributed by atoms with van der Waals surface area (Å²) in [5.74, 6) is 2.76. The van der Waals surface area contributed by atoms with E-state index in [0.717, 1.165) is 29.4 Å². The molecule has 0 fully saturated rings. The van der Waals surface area contributed by atoms with Crippen molar-refractivity contribution in [1.82, 2.24) is 14.8 Å². The zero-order chi connectivity index (χ0) is 18.4. The monoisotopic (exact) mass is 383 g/mol. The summed E-state index contributed by atoms with van der Waals surface area (Å²) in [6.45, 7) is 4.38. The van der Waals surface area contributed by atoms with Gasteiger partial charge in [0.05, 0.1) is 5.75 Å². The number of aromatic nitrogens is 3. The number of thioether (sulfide) groups is 1. The molecule has 3 aromatic rings. The standard InChI is InChI=1S/C21H25N3S2/c1-3-4-8-17-10-12-19(13-11-17)24-20(22-23-21(24)25)15-26-14-18-9-6-5-7-16(18)2/h5-7,9-13H,3-4,8,14-15H2,1-2H3,(H,23,25). The number of benzene rings is 2. The molecule has 5 heteroatoms. The maximum absolute atomic E-state index is 5.46. The van der Waals surface area contributed by atoms with Gasteiger partial charge in [-0.15, -0.1) is 11.8 Å². The number of hydrogen-bond donors (Lipinski definition) is 1. The molecular weight excluding hydrogens is 358 g/mol. The lowest BCUT2D eigenvalue weighted by Crippen LogP contribution is -2.01. The molecule has 1 heterocycles. The molecule has 1 aromatic heterocycles. The first-order chi connectivity index (χ1) is 12.7. The van der Waals surface area contributed by atoms with Gasteiger partial charge in [-0.2, -0.15) is 5.10 Å². The van der Waals surface area contributed by atoms with Crippen molar-refractivity contribution in [1.29, 1.82) is 0 Å². The fourth-order valence-electron chi connectivity index (χ4n) is 2.91. The summed E-state index contributed by atoms with van der Waals surface area (Å²) in [6.07, 6.45) is 3.58. The largest absolute Gasteiger partial charge is 0.271 e. The fourth-order valence-corrected chi connectivity index (χ4v) is 4.19. The van der Waals surface area contributed by atoms with Crippen LogP contribution in [0, 0.1) is 11.7 Å². The van der Waals surface area contributed by atoms with Crippen LogP contribution in [0.25, 0.3) is 5.69 Å². The molecule has 0 saturated heterocycles. The zero-order valence-electron chi connectivity index (χ0n) is 15.4. The van der Waals surface area contributed by atoms with E-state index in [1.54, 1.807) is 0 Å². The summed E-state index contributed by atoms with van der Waals surface area (Å²) in [4.78, 5) is 0. The maximum atomic E-state index is 5.46. The Morgan fingerprint density at radius 3 is 2.58 bits per heavy atom. The smallest absolute Gasteiger partial charge is 0.199 e. The number of nitrogens with zero attached hydrogens (tertiary/aromatic N) is 2. The summed E-state index contributed by atoms with van der Waals surface area (Å²) in [5, 5.41) is 7.39. The summed E-state index contributed by atoms with van der Waals surface area (Å²) < 4.78 is 2.70. The number of aryl methyl sites for hydroxylation is 2. The topological polar surface area (TPSA) is 33.6 Å². The molecule has 3 rings (SSSR count). The van der Waals surface area contributed by atoms with E-state index >= 15 is 0 Å². The Morgan fingerprint density at radius 1 is 1.08 bits per heavy atom. The van der Waals surface area contributed by atoms with Crippen molar-refractivity contribution in [3.63, 3.8) is 0 Å². The van der Waals surface area contributed by atoms with Gasteiger partial charge in [-0.05, 0) is 60.8 Å².